The summed E-state index contributed by atoms with van der Waals surface area (Å²) in [5.74, 6) is -0.321. The maximum Gasteiger partial charge on any atom is 0.175 e. The molecule has 0 atom stereocenters. The molecule has 152 valence electrons. The van der Waals surface area contributed by atoms with Gasteiger partial charge in [-0.1, -0.05) is 35.9 Å². The van der Waals surface area contributed by atoms with Crippen molar-refractivity contribution >= 4 is 32.8 Å². The van der Waals surface area contributed by atoms with Crippen LogP contribution in [-0.2, 0) is 9.84 Å². The SMILES string of the molecule is Cc1ccc(-c2nc(-c3ccc(F)cc3)c(-c3ccc(S(C)(=O)=O)cc3)s2)cc1Cl. The highest BCUT2D eigenvalue weighted by atomic mass is 35.5. The molecular weight excluding hydrogens is 441 g/mol. The van der Waals surface area contributed by atoms with Crippen molar-refractivity contribution < 1.29 is 12.8 Å². The maximum absolute atomic E-state index is 13.4. The molecule has 1 heterocycles. The summed E-state index contributed by atoms with van der Waals surface area (Å²) >= 11 is 7.78. The molecule has 0 N–H and O–H groups in total. The van der Waals surface area contributed by atoms with E-state index in [0.717, 1.165) is 32.1 Å². The van der Waals surface area contributed by atoms with Crippen LogP contribution in [0.1, 0.15) is 5.56 Å². The van der Waals surface area contributed by atoms with Gasteiger partial charge in [0.25, 0.3) is 0 Å². The van der Waals surface area contributed by atoms with Crippen LogP contribution in [0.4, 0.5) is 4.39 Å². The largest absolute Gasteiger partial charge is 0.235 e. The van der Waals surface area contributed by atoms with Crippen molar-refractivity contribution in [2.45, 2.75) is 11.8 Å². The van der Waals surface area contributed by atoms with Crippen LogP contribution in [0.15, 0.2) is 71.6 Å². The van der Waals surface area contributed by atoms with Crippen molar-refractivity contribution in [1.29, 1.82) is 0 Å². The minimum absolute atomic E-state index is 0.254. The molecule has 0 amide bonds. The van der Waals surface area contributed by atoms with E-state index < -0.39 is 9.84 Å². The number of thiazole rings is 1. The van der Waals surface area contributed by atoms with Crippen molar-refractivity contribution in [3.63, 3.8) is 0 Å². The Bertz CT molecular complexity index is 1330. The first-order valence-corrected chi connectivity index (χ1v) is 12.1. The molecular formula is C23H17ClFNO2S2. The van der Waals surface area contributed by atoms with Gasteiger partial charge in [-0.05, 0) is 60.5 Å². The molecule has 30 heavy (non-hydrogen) atoms. The van der Waals surface area contributed by atoms with Crippen LogP contribution < -0.4 is 0 Å². The number of hydrogen-bond acceptors (Lipinski definition) is 4. The zero-order valence-electron chi connectivity index (χ0n) is 16.2. The molecule has 0 saturated heterocycles. The summed E-state index contributed by atoms with van der Waals surface area (Å²) in [6.45, 7) is 1.94. The Morgan fingerprint density at radius 3 is 2.10 bits per heavy atom. The summed E-state index contributed by atoms with van der Waals surface area (Å²) in [6, 6.07) is 18.6. The quantitative estimate of drug-likeness (QED) is 0.344. The molecule has 0 spiro atoms. The predicted octanol–water partition coefficient (Wildman–Crippen LogP) is 6.65. The molecule has 4 aromatic rings. The Morgan fingerprint density at radius 1 is 0.900 bits per heavy atom. The highest BCUT2D eigenvalue weighted by Gasteiger charge is 2.17. The summed E-state index contributed by atoms with van der Waals surface area (Å²) in [5, 5.41) is 1.43. The summed E-state index contributed by atoms with van der Waals surface area (Å²) in [7, 11) is -3.28. The van der Waals surface area contributed by atoms with Gasteiger partial charge in [-0.3, -0.25) is 0 Å². The highest BCUT2D eigenvalue weighted by molar-refractivity contribution is 7.90. The monoisotopic (exact) mass is 457 g/mol. The molecule has 1 aromatic heterocycles. The molecule has 0 saturated carbocycles. The average Bonchev–Trinajstić information content (AvgIpc) is 3.15. The fourth-order valence-corrected chi connectivity index (χ4v) is 4.92. The van der Waals surface area contributed by atoms with Crippen molar-refractivity contribution in [2.24, 2.45) is 0 Å². The minimum Gasteiger partial charge on any atom is -0.235 e. The lowest BCUT2D eigenvalue weighted by Gasteiger charge is -2.04. The topological polar surface area (TPSA) is 47.0 Å². The molecule has 0 fully saturated rings. The Labute approximate surface area is 183 Å². The van der Waals surface area contributed by atoms with Crippen LogP contribution in [0.3, 0.4) is 0 Å². The summed E-state index contributed by atoms with van der Waals surface area (Å²) in [6.07, 6.45) is 1.18. The van der Waals surface area contributed by atoms with Crippen LogP contribution in [0, 0.1) is 12.7 Å². The molecule has 4 rings (SSSR count). The molecule has 0 aliphatic rings. The summed E-state index contributed by atoms with van der Waals surface area (Å²) in [4.78, 5) is 5.94. The standard InChI is InChI=1S/C23H17ClFNO2S2/c1-14-3-4-17(13-20(14)24)23-26-21(15-5-9-18(25)10-6-15)22(29-23)16-7-11-19(12-8-16)30(2,27)28/h3-13H,1-2H3. The van der Waals surface area contributed by atoms with E-state index in [9.17, 15) is 12.8 Å². The zero-order chi connectivity index (χ0) is 21.5. The summed E-state index contributed by atoms with van der Waals surface area (Å²) in [5.41, 5.74) is 4.19. The Morgan fingerprint density at radius 2 is 1.50 bits per heavy atom. The van der Waals surface area contributed by atoms with Gasteiger partial charge in [0.1, 0.15) is 10.8 Å². The van der Waals surface area contributed by atoms with Crippen LogP contribution in [0.25, 0.3) is 32.3 Å². The van der Waals surface area contributed by atoms with Gasteiger partial charge in [-0.25, -0.2) is 17.8 Å². The normalized spacial score (nSPS) is 11.6. The Kier molecular flexibility index (Phi) is 5.49. The lowest BCUT2D eigenvalue weighted by atomic mass is 10.1. The fraction of sp³-hybridized carbons (Fsp3) is 0.0870. The number of aryl methyl sites for hydroxylation is 1. The van der Waals surface area contributed by atoms with Gasteiger partial charge in [0, 0.05) is 22.4 Å². The van der Waals surface area contributed by atoms with Crippen molar-refractivity contribution in [3.8, 4) is 32.3 Å². The van der Waals surface area contributed by atoms with Gasteiger partial charge in [-0.15, -0.1) is 11.3 Å². The predicted molar refractivity (Wildman–Crippen MR) is 121 cm³/mol. The first-order chi connectivity index (χ1) is 14.2. The van der Waals surface area contributed by atoms with E-state index in [1.807, 2.05) is 25.1 Å². The molecule has 0 aliphatic heterocycles. The first-order valence-electron chi connectivity index (χ1n) is 9.06. The van der Waals surface area contributed by atoms with Crippen LogP contribution >= 0.6 is 22.9 Å². The number of hydrogen-bond donors (Lipinski definition) is 0. The van der Waals surface area contributed by atoms with Crippen LogP contribution in [0.5, 0.6) is 0 Å². The van der Waals surface area contributed by atoms with E-state index in [1.54, 1.807) is 36.4 Å². The minimum atomic E-state index is -3.28. The first kappa shape index (κ1) is 20.7. The van der Waals surface area contributed by atoms with Crippen molar-refractivity contribution in [3.05, 3.63) is 83.1 Å². The van der Waals surface area contributed by atoms with Crippen LogP contribution in [-0.4, -0.2) is 19.7 Å². The number of halogens is 2. The van der Waals surface area contributed by atoms with Crippen molar-refractivity contribution in [1.82, 2.24) is 4.98 Å². The average molecular weight is 458 g/mol. The fourth-order valence-electron chi connectivity index (χ4n) is 3.02. The molecule has 3 nitrogen and oxygen atoms in total. The van der Waals surface area contributed by atoms with Gasteiger partial charge in [0.2, 0.25) is 0 Å². The molecule has 7 heteroatoms. The molecule has 0 aliphatic carbocycles. The van der Waals surface area contributed by atoms with Gasteiger partial charge in [0.05, 0.1) is 15.5 Å². The Balaban J connectivity index is 1.88. The summed E-state index contributed by atoms with van der Waals surface area (Å²) < 4.78 is 37.0. The smallest absolute Gasteiger partial charge is 0.175 e. The maximum atomic E-state index is 13.4. The van der Waals surface area contributed by atoms with Crippen molar-refractivity contribution in [2.75, 3.05) is 6.26 Å². The second-order valence-corrected chi connectivity index (χ2v) is 10.4. The molecule has 0 radical (unpaired) electrons. The number of rotatable bonds is 4. The number of benzene rings is 3. The second kappa shape index (κ2) is 7.95. The van der Waals surface area contributed by atoms with E-state index in [4.69, 9.17) is 16.6 Å². The third-order valence-electron chi connectivity index (χ3n) is 4.71. The number of nitrogens with zero attached hydrogens (tertiary/aromatic N) is 1. The van der Waals surface area contributed by atoms with Gasteiger partial charge in [0.15, 0.2) is 9.84 Å². The molecule has 3 aromatic carbocycles. The molecule has 0 bridgehead atoms. The third-order valence-corrected chi connectivity index (χ3v) is 7.40. The van der Waals surface area contributed by atoms with E-state index in [0.29, 0.717) is 10.7 Å². The van der Waals surface area contributed by atoms with Gasteiger partial charge >= 0.3 is 0 Å². The van der Waals surface area contributed by atoms with E-state index in [2.05, 4.69) is 0 Å². The number of aromatic nitrogens is 1. The van der Waals surface area contributed by atoms with Gasteiger partial charge in [-0.2, -0.15) is 0 Å². The lowest BCUT2D eigenvalue weighted by molar-refractivity contribution is 0.602. The van der Waals surface area contributed by atoms with E-state index >= 15 is 0 Å². The molecule has 0 unspecified atom stereocenters. The van der Waals surface area contributed by atoms with E-state index in [1.165, 1.54) is 29.7 Å². The third kappa shape index (κ3) is 4.17. The Hall–Kier alpha value is -2.54. The zero-order valence-corrected chi connectivity index (χ0v) is 18.6. The lowest BCUT2D eigenvalue weighted by Crippen LogP contribution is -1.96. The van der Waals surface area contributed by atoms with Crippen LogP contribution in [0.2, 0.25) is 5.02 Å². The highest BCUT2D eigenvalue weighted by Crippen LogP contribution is 2.41. The second-order valence-electron chi connectivity index (χ2n) is 6.96. The van der Waals surface area contributed by atoms with Gasteiger partial charge < -0.3 is 0 Å². The number of sulfone groups is 1. The van der Waals surface area contributed by atoms with E-state index in [-0.39, 0.29) is 10.7 Å².